The summed E-state index contributed by atoms with van der Waals surface area (Å²) in [4.78, 5) is 27.0. The molecule has 0 saturated carbocycles. The Balaban J connectivity index is 1.91. The molecule has 1 aromatic rings. The van der Waals surface area contributed by atoms with Crippen LogP contribution in [-0.2, 0) is 11.2 Å². The van der Waals surface area contributed by atoms with Crippen LogP contribution in [0.4, 0.5) is 9.18 Å². The van der Waals surface area contributed by atoms with Crippen molar-refractivity contribution in [3.63, 3.8) is 0 Å². The Morgan fingerprint density at radius 2 is 1.92 bits per heavy atom. The molecule has 6 heteroatoms. The van der Waals surface area contributed by atoms with Crippen molar-refractivity contribution >= 4 is 11.9 Å². The average molecular weight is 345 g/mol. The highest BCUT2D eigenvalue weighted by Gasteiger charge is 2.55. The molecular weight excluding hydrogens is 321 g/mol. The van der Waals surface area contributed by atoms with Crippen LogP contribution in [0.15, 0.2) is 36.9 Å². The highest BCUT2D eigenvalue weighted by molar-refractivity contribution is 6.07. The number of hydrogen-bond donors (Lipinski definition) is 2. The Morgan fingerprint density at radius 1 is 1.24 bits per heavy atom. The van der Waals surface area contributed by atoms with Gasteiger partial charge in [-0.3, -0.25) is 9.69 Å². The summed E-state index contributed by atoms with van der Waals surface area (Å²) < 4.78 is 13.2. The minimum absolute atomic E-state index is 0.0592. The molecule has 3 rings (SSSR count). The molecule has 0 bridgehead atoms. The molecule has 2 aliphatic heterocycles. The Kier molecular flexibility index (Phi) is 5.18. The van der Waals surface area contributed by atoms with Crippen molar-refractivity contribution in [3.8, 4) is 0 Å². The molecule has 2 saturated heterocycles. The molecule has 25 heavy (non-hydrogen) atoms. The van der Waals surface area contributed by atoms with Gasteiger partial charge in [-0.15, -0.1) is 6.58 Å². The molecule has 0 aliphatic carbocycles. The summed E-state index contributed by atoms with van der Waals surface area (Å²) in [6, 6.07) is 5.81. The van der Waals surface area contributed by atoms with Crippen molar-refractivity contribution in [2.45, 2.75) is 31.2 Å². The summed E-state index contributed by atoms with van der Waals surface area (Å²) in [5.41, 5.74) is -0.0998. The zero-order valence-corrected chi connectivity index (χ0v) is 14.3. The quantitative estimate of drug-likeness (QED) is 0.614. The first-order chi connectivity index (χ1) is 12.1. The van der Waals surface area contributed by atoms with E-state index in [2.05, 4.69) is 17.2 Å². The molecule has 5 nitrogen and oxygen atoms in total. The standard InChI is InChI=1S/C19H24FN3O2/c1-2-3-12-23-17(24)19(22-18(23)25,15-8-10-21-11-9-15)13-14-4-6-16(20)7-5-14/h2,4-7,15,21H,1,3,8-13H2,(H,22,25). The molecule has 0 spiro atoms. The first-order valence-corrected chi connectivity index (χ1v) is 8.77. The van der Waals surface area contributed by atoms with Crippen LogP contribution >= 0.6 is 0 Å². The van der Waals surface area contributed by atoms with Crippen LogP contribution in [0, 0.1) is 11.7 Å². The molecule has 2 fully saturated rings. The Labute approximate surface area is 147 Å². The summed E-state index contributed by atoms with van der Waals surface area (Å²) in [6.45, 7) is 5.65. The van der Waals surface area contributed by atoms with Crippen LogP contribution in [0.25, 0.3) is 0 Å². The lowest BCUT2D eigenvalue weighted by Gasteiger charge is -2.38. The van der Waals surface area contributed by atoms with Gasteiger partial charge in [0.2, 0.25) is 0 Å². The third-order valence-electron chi connectivity index (χ3n) is 5.19. The zero-order valence-electron chi connectivity index (χ0n) is 14.3. The highest BCUT2D eigenvalue weighted by Crippen LogP contribution is 2.35. The van der Waals surface area contributed by atoms with E-state index in [1.807, 2.05) is 0 Å². The van der Waals surface area contributed by atoms with E-state index < -0.39 is 5.54 Å². The third kappa shape index (κ3) is 3.44. The number of halogens is 1. The average Bonchev–Trinajstić information content (AvgIpc) is 2.87. The second-order valence-corrected chi connectivity index (χ2v) is 6.76. The molecule has 3 amide bonds. The van der Waals surface area contributed by atoms with Gasteiger partial charge in [-0.05, 0) is 56.0 Å². The van der Waals surface area contributed by atoms with E-state index >= 15 is 0 Å². The SMILES string of the molecule is C=CCCN1C(=O)NC(Cc2ccc(F)cc2)(C2CCNCC2)C1=O. The van der Waals surface area contributed by atoms with E-state index in [0.717, 1.165) is 31.5 Å². The van der Waals surface area contributed by atoms with Crippen LogP contribution in [0.1, 0.15) is 24.8 Å². The van der Waals surface area contributed by atoms with Gasteiger partial charge >= 0.3 is 6.03 Å². The minimum Gasteiger partial charge on any atom is -0.322 e. The number of hydrogen-bond acceptors (Lipinski definition) is 3. The fourth-order valence-corrected chi connectivity index (χ4v) is 3.85. The van der Waals surface area contributed by atoms with E-state index in [1.165, 1.54) is 17.0 Å². The van der Waals surface area contributed by atoms with Gasteiger partial charge in [0.05, 0.1) is 0 Å². The summed E-state index contributed by atoms with van der Waals surface area (Å²) in [5, 5.41) is 6.29. The topological polar surface area (TPSA) is 61.4 Å². The van der Waals surface area contributed by atoms with Gasteiger partial charge in [0.15, 0.2) is 0 Å². The molecule has 1 aromatic carbocycles. The molecule has 2 N–H and O–H groups in total. The fraction of sp³-hybridized carbons (Fsp3) is 0.474. The molecule has 2 heterocycles. The number of nitrogens with zero attached hydrogens (tertiary/aromatic N) is 1. The molecule has 134 valence electrons. The fourth-order valence-electron chi connectivity index (χ4n) is 3.85. The Bertz CT molecular complexity index is 655. The van der Waals surface area contributed by atoms with Crippen molar-refractivity contribution < 1.29 is 14.0 Å². The van der Waals surface area contributed by atoms with Crippen LogP contribution in [0.3, 0.4) is 0 Å². The number of benzene rings is 1. The second-order valence-electron chi connectivity index (χ2n) is 6.76. The van der Waals surface area contributed by atoms with Crippen molar-refractivity contribution in [2.75, 3.05) is 19.6 Å². The summed E-state index contributed by atoms with van der Waals surface area (Å²) in [5.74, 6) is -0.423. The van der Waals surface area contributed by atoms with E-state index in [1.54, 1.807) is 18.2 Å². The number of carbonyl (C=O) groups excluding carboxylic acids is 2. The number of rotatable bonds is 6. The molecule has 1 unspecified atom stereocenters. The van der Waals surface area contributed by atoms with Gasteiger partial charge in [-0.25, -0.2) is 9.18 Å². The van der Waals surface area contributed by atoms with Crippen LogP contribution in [0.5, 0.6) is 0 Å². The van der Waals surface area contributed by atoms with Gasteiger partial charge in [0.25, 0.3) is 5.91 Å². The largest absolute Gasteiger partial charge is 0.325 e. The van der Waals surface area contributed by atoms with Gasteiger partial charge < -0.3 is 10.6 Å². The van der Waals surface area contributed by atoms with E-state index in [9.17, 15) is 14.0 Å². The first-order valence-electron chi connectivity index (χ1n) is 8.77. The molecule has 0 radical (unpaired) electrons. The molecule has 0 aromatic heterocycles. The van der Waals surface area contributed by atoms with Gasteiger partial charge in [0, 0.05) is 13.0 Å². The Hall–Kier alpha value is -2.21. The first kappa shape index (κ1) is 17.6. The van der Waals surface area contributed by atoms with Crippen molar-refractivity contribution in [3.05, 3.63) is 48.3 Å². The highest BCUT2D eigenvalue weighted by atomic mass is 19.1. The zero-order chi connectivity index (χ0) is 17.9. The lowest BCUT2D eigenvalue weighted by atomic mass is 9.74. The lowest BCUT2D eigenvalue weighted by Crippen LogP contribution is -2.57. The predicted molar refractivity (Wildman–Crippen MR) is 93.5 cm³/mol. The number of amides is 3. The molecule has 2 aliphatic rings. The maximum atomic E-state index is 13.2. The van der Waals surface area contributed by atoms with Crippen LogP contribution < -0.4 is 10.6 Å². The van der Waals surface area contributed by atoms with Crippen LogP contribution in [-0.4, -0.2) is 42.0 Å². The monoisotopic (exact) mass is 345 g/mol. The Morgan fingerprint density at radius 3 is 2.56 bits per heavy atom. The minimum atomic E-state index is -0.946. The van der Waals surface area contributed by atoms with Crippen LogP contribution in [0.2, 0.25) is 0 Å². The molecular formula is C19H24FN3O2. The maximum Gasteiger partial charge on any atom is 0.325 e. The van der Waals surface area contributed by atoms with Gasteiger partial charge in [-0.1, -0.05) is 18.2 Å². The van der Waals surface area contributed by atoms with Crippen molar-refractivity contribution in [2.24, 2.45) is 5.92 Å². The second kappa shape index (κ2) is 7.35. The lowest BCUT2D eigenvalue weighted by molar-refractivity contribution is -0.133. The summed E-state index contributed by atoms with van der Waals surface area (Å²) in [7, 11) is 0. The molecule has 1 atom stereocenters. The number of carbonyl (C=O) groups is 2. The van der Waals surface area contributed by atoms with Crippen molar-refractivity contribution in [1.29, 1.82) is 0 Å². The number of piperidine rings is 1. The summed E-state index contributed by atoms with van der Waals surface area (Å²) in [6.07, 6.45) is 4.29. The smallest absolute Gasteiger partial charge is 0.322 e. The maximum absolute atomic E-state index is 13.2. The number of imide groups is 1. The van der Waals surface area contributed by atoms with E-state index in [4.69, 9.17) is 0 Å². The van der Waals surface area contributed by atoms with E-state index in [-0.39, 0.29) is 23.7 Å². The number of nitrogens with one attached hydrogen (secondary N) is 2. The normalized spacial score (nSPS) is 24.4. The van der Waals surface area contributed by atoms with E-state index in [0.29, 0.717) is 19.4 Å². The van der Waals surface area contributed by atoms with Gasteiger partial charge in [-0.2, -0.15) is 0 Å². The third-order valence-corrected chi connectivity index (χ3v) is 5.19. The predicted octanol–water partition coefficient (Wildman–Crippen LogP) is 2.23. The summed E-state index contributed by atoms with van der Waals surface area (Å²) >= 11 is 0. The van der Waals surface area contributed by atoms with Gasteiger partial charge in [0.1, 0.15) is 11.4 Å². The van der Waals surface area contributed by atoms with Crippen molar-refractivity contribution in [1.82, 2.24) is 15.5 Å². The number of urea groups is 1.